The van der Waals surface area contributed by atoms with Crippen LogP contribution in [0.2, 0.25) is 0 Å². The second-order valence-electron chi connectivity index (χ2n) is 8.03. The molecule has 4 N–H and O–H groups in total. The molecule has 3 aromatic rings. The van der Waals surface area contributed by atoms with E-state index in [0.717, 1.165) is 30.6 Å². The summed E-state index contributed by atoms with van der Waals surface area (Å²) in [6.45, 7) is 1.99. The fraction of sp³-hybridized carbons (Fsp3) is 0.333. The molecule has 0 spiro atoms. The smallest absolute Gasteiger partial charge is 0.295 e. The van der Waals surface area contributed by atoms with Crippen LogP contribution in [0.15, 0.2) is 42.6 Å². The molecular formula is C24H26F2N4O3. The Kier molecular flexibility index (Phi) is 6.44. The number of carbonyl (C=O) groups excluding carboxylic acids is 1. The molecule has 0 bridgehead atoms. The summed E-state index contributed by atoms with van der Waals surface area (Å²) in [5.41, 5.74) is 3.04. The van der Waals surface area contributed by atoms with Crippen LogP contribution in [-0.4, -0.2) is 48.0 Å². The number of H-pyrrole nitrogens is 1. The summed E-state index contributed by atoms with van der Waals surface area (Å²) in [5, 5.41) is 22.8. The van der Waals surface area contributed by atoms with Crippen molar-refractivity contribution in [1.82, 2.24) is 20.8 Å². The minimum absolute atomic E-state index is 0.302. The Hall–Kier alpha value is -3.30. The summed E-state index contributed by atoms with van der Waals surface area (Å²) in [4.78, 5) is 13.3. The first-order valence-corrected chi connectivity index (χ1v) is 10.7. The average molecular weight is 456 g/mol. The third kappa shape index (κ3) is 4.46. The zero-order chi connectivity index (χ0) is 23.6. The Labute approximate surface area is 189 Å². The van der Waals surface area contributed by atoms with Gasteiger partial charge in [-0.2, -0.15) is 13.9 Å². The highest BCUT2D eigenvalue weighted by atomic mass is 19.3. The van der Waals surface area contributed by atoms with Crippen LogP contribution in [0.1, 0.15) is 46.4 Å². The van der Waals surface area contributed by atoms with Crippen LogP contribution in [-0.2, 0) is 5.92 Å². The van der Waals surface area contributed by atoms with Gasteiger partial charge in [0, 0.05) is 17.7 Å². The van der Waals surface area contributed by atoms with Crippen LogP contribution in [0.3, 0.4) is 0 Å². The number of carbonyl (C=O) groups is 1. The predicted molar refractivity (Wildman–Crippen MR) is 121 cm³/mol. The minimum Gasteiger partial charge on any atom is -0.495 e. The van der Waals surface area contributed by atoms with E-state index in [1.165, 1.54) is 18.2 Å². The van der Waals surface area contributed by atoms with Gasteiger partial charge in [-0.1, -0.05) is 24.3 Å². The maximum atomic E-state index is 13.9. The van der Waals surface area contributed by atoms with Gasteiger partial charge in [-0.25, -0.2) is 0 Å². The predicted octanol–water partition coefficient (Wildman–Crippen LogP) is 3.52. The van der Waals surface area contributed by atoms with Crippen LogP contribution in [0.25, 0.3) is 16.5 Å². The second kappa shape index (κ2) is 9.29. The number of methoxy groups -OCH3 is 1. The molecule has 0 unspecified atom stereocenters. The highest BCUT2D eigenvalue weighted by Crippen LogP contribution is 2.37. The molecule has 1 aromatic heterocycles. The van der Waals surface area contributed by atoms with Crippen molar-refractivity contribution in [3.05, 3.63) is 64.9 Å². The summed E-state index contributed by atoms with van der Waals surface area (Å²) < 4.78 is 33.5. The van der Waals surface area contributed by atoms with Gasteiger partial charge in [-0.3, -0.25) is 9.89 Å². The SMILES string of the molecule is COc1c(C2=CCNCC2)cc(C(=O)N[C@H](C)c2cccc(C(F)(F)CO)c2)c2[nH]ncc12. The fourth-order valence-electron chi connectivity index (χ4n) is 4.08. The number of halogens is 2. The summed E-state index contributed by atoms with van der Waals surface area (Å²) in [5.74, 6) is -3.07. The molecule has 33 heavy (non-hydrogen) atoms. The van der Waals surface area contributed by atoms with Gasteiger partial charge < -0.3 is 20.5 Å². The topological polar surface area (TPSA) is 99.3 Å². The van der Waals surface area contributed by atoms with Gasteiger partial charge in [0.2, 0.25) is 0 Å². The molecule has 2 heterocycles. The number of aromatic amines is 1. The van der Waals surface area contributed by atoms with E-state index in [0.29, 0.717) is 27.8 Å². The highest BCUT2D eigenvalue weighted by molar-refractivity contribution is 6.09. The number of benzene rings is 2. The largest absolute Gasteiger partial charge is 0.495 e. The van der Waals surface area contributed by atoms with E-state index in [2.05, 4.69) is 26.9 Å². The number of hydrogen-bond acceptors (Lipinski definition) is 5. The number of alkyl halides is 2. The molecule has 7 nitrogen and oxygen atoms in total. The number of aliphatic hydroxyl groups excluding tert-OH is 1. The molecule has 174 valence electrons. The van der Waals surface area contributed by atoms with E-state index in [1.807, 2.05) is 0 Å². The summed E-state index contributed by atoms with van der Waals surface area (Å²) in [6.07, 6.45) is 4.49. The van der Waals surface area contributed by atoms with Crippen LogP contribution < -0.4 is 15.4 Å². The molecule has 9 heteroatoms. The fourth-order valence-corrected chi connectivity index (χ4v) is 4.08. The number of fused-ring (bicyclic) bond motifs is 1. The molecular weight excluding hydrogens is 430 g/mol. The zero-order valence-electron chi connectivity index (χ0n) is 18.4. The van der Waals surface area contributed by atoms with Crippen molar-refractivity contribution in [3.8, 4) is 5.75 Å². The average Bonchev–Trinajstić information content (AvgIpc) is 3.33. The lowest BCUT2D eigenvalue weighted by Crippen LogP contribution is -2.28. The van der Waals surface area contributed by atoms with Crippen LogP contribution >= 0.6 is 0 Å². The van der Waals surface area contributed by atoms with E-state index in [4.69, 9.17) is 9.84 Å². The van der Waals surface area contributed by atoms with E-state index >= 15 is 0 Å². The maximum Gasteiger partial charge on any atom is 0.295 e. The van der Waals surface area contributed by atoms with Gasteiger partial charge in [0.15, 0.2) is 0 Å². The second-order valence-corrected chi connectivity index (χ2v) is 8.03. The molecule has 0 radical (unpaired) electrons. The number of aliphatic hydroxyl groups is 1. The first-order valence-electron chi connectivity index (χ1n) is 10.7. The number of amides is 1. The summed E-state index contributed by atoms with van der Waals surface area (Å²) in [7, 11) is 1.59. The van der Waals surface area contributed by atoms with E-state index < -0.39 is 18.6 Å². The molecule has 0 fully saturated rings. The molecule has 0 saturated heterocycles. The van der Waals surface area contributed by atoms with Gasteiger partial charge in [0.25, 0.3) is 11.8 Å². The van der Waals surface area contributed by atoms with E-state index in [1.54, 1.807) is 32.4 Å². The summed E-state index contributed by atoms with van der Waals surface area (Å²) >= 11 is 0. The number of rotatable bonds is 7. The third-order valence-corrected chi connectivity index (χ3v) is 5.90. The quantitative estimate of drug-likeness (QED) is 0.436. The standard InChI is InChI=1S/C24H26F2N4O3/c1-14(16-4-3-5-17(10-16)24(25,26)13-31)29-23(32)19-11-18(15-6-8-27-9-7-15)22(33-2)20-12-28-30-21(19)20/h3-6,10-12,14,27,31H,7-9,13H2,1-2H3,(H,28,30)(H,29,32)/t14-/m1/s1. The third-order valence-electron chi connectivity index (χ3n) is 5.90. The lowest BCUT2D eigenvalue weighted by molar-refractivity contribution is -0.0556. The number of aromatic nitrogens is 2. The molecule has 4 rings (SSSR count). The Morgan fingerprint density at radius 1 is 1.36 bits per heavy atom. The Morgan fingerprint density at radius 3 is 2.88 bits per heavy atom. The van der Waals surface area contributed by atoms with Crippen molar-refractivity contribution in [2.75, 3.05) is 26.8 Å². The van der Waals surface area contributed by atoms with Crippen molar-refractivity contribution >= 4 is 22.4 Å². The Bertz CT molecular complexity index is 1210. The van der Waals surface area contributed by atoms with Crippen molar-refractivity contribution in [3.63, 3.8) is 0 Å². The van der Waals surface area contributed by atoms with Gasteiger partial charge in [-0.15, -0.1) is 0 Å². The molecule has 0 saturated carbocycles. The van der Waals surface area contributed by atoms with E-state index in [-0.39, 0.29) is 11.5 Å². The van der Waals surface area contributed by atoms with Crippen molar-refractivity contribution in [2.24, 2.45) is 0 Å². The van der Waals surface area contributed by atoms with Crippen molar-refractivity contribution in [1.29, 1.82) is 0 Å². The molecule has 1 amide bonds. The first-order chi connectivity index (χ1) is 15.9. The lowest BCUT2D eigenvalue weighted by Gasteiger charge is -2.20. The van der Waals surface area contributed by atoms with Crippen LogP contribution in [0, 0.1) is 0 Å². The van der Waals surface area contributed by atoms with Crippen molar-refractivity contribution in [2.45, 2.75) is 25.3 Å². The monoisotopic (exact) mass is 456 g/mol. The zero-order valence-corrected chi connectivity index (χ0v) is 18.4. The van der Waals surface area contributed by atoms with Crippen LogP contribution in [0.5, 0.6) is 5.75 Å². The molecule has 1 atom stereocenters. The molecule has 2 aromatic carbocycles. The van der Waals surface area contributed by atoms with Gasteiger partial charge in [-0.05, 0) is 43.2 Å². The highest BCUT2D eigenvalue weighted by Gasteiger charge is 2.31. The summed E-state index contributed by atoms with van der Waals surface area (Å²) in [6, 6.07) is 6.94. The molecule has 0 aliphatic carbocycles. The number of nitrogens with one attached hydrogen (secondary N) is 3. The Balaban J connectivity index is 1.68. The van der Waals surface area contributed by atoms with E-state index in [9.17, 15) is 13.6 Å². The lowest BCUT2D eigenvalue weighted by atomic mass is 9.94. The van der Waals surface area contributed by atoms with Crippen LogP contribution in [0.4, 0.5) is 8.78 Å². The first kappa shape index (κ1) is 22.9. The van der Waals surface area contributed by atoms with Gasteiger partial charge >= 0.3 is 0 Å². The number of nitrogens with zero attached hydrogens (tertiary/aromatic N) is 1. The number of hydrogen-bond donors (Lipinski definition) is 4. The minimum atomic E-state index is -3.35. The van der Waals surface area contributed by atoms with Crippen molar-refractivity contribution < 1.29 is 23.4 Å². The van der Waals surface area contributed by atoms with Gasteiger partial charge in [0.1, 0.15) is 12.4 Å². The maximum absolute atomic E-state index is 13.9. The normalized spacial score (nSPS) is 15.2. The molecule has 1 aliphatic rings. The molecule has 1 aliphatic heterocycles. The Morgan fingerprint density at radius 2 is 2.18 bits per heavy atom. The van der Waals surface area contributed by atoms with Gasteiger partial charge in [0.05, 0.1) is 35.8 Å². The number of ether oxygens (including phenoxy) is 1.